The molecule has 2 fully saturated rings. The standard InChI is InChI=1S/C18H25N3O/c22-16-5-8-21(9-6-16)18-17(2-1-7-19-18)20-12-15-11-13-3-4-14(15)10-13/h1-4,7,13-16,20,22H,5-6,8-12H2. The van der Waals surface area contributed by atoms with Crippen LogP contribution in [0.2, 0.25) is 0 Å². The zero-order valence-corrected chi connectivity index (χ0v) is 13.0. The van der Waals surface area contributed by atoms with Crippen LogP contribution in [0.5, 0.6) is 0 Å². The van der Waals surface area contributed by atoms with Gasteiger partial charge in [0.15, 0.2) is 5.82 Å². The van der Waals surface area contributed by atoms with Crippen molar-refractivity contribution in [3.8, 4) is 0 Å². The minimum Gasteiger partial charge on any atom is -0.393 e. The predicted molar refractivity (Wildman–Crippen MR) is 89.0 cm³/mol. The van der Waals surface area contributed by atoms with Gasteiger partial charge in [-0.15, -0.1) is 0 Å². The Bertz CT molecular complexity index is 551. The van der Waals surface area contributed by atoms with Crippen molar-refractivity contribution < 1.29 is 5.11 Å². The highest BCUT2D eigenvalue weighted by atomic mass is 16.3. The van der Waals surface area contributed by atoms with Crippen molar-refractivity contribution in [2.45, 2.75) is 31.8 Å². The normalized spacial score (nSPS) is 31.0. The number of anilines is 2. The summed E-state index contributed by atoms with van der Waals surface area (Å²) in [6.45, 7) is 2.83. The second-order valence-corrected chi connectivity index (χ2v) is 7.01. The number of hydrogen-bond acceptors (Lipinski definition) is 4. The van der Waals surface area contributed by atoms with Crippen molar-refractivity contribution in [1.82, 2.24) is 4.98 Å². The fourth-order valence-corrected chi connectivity index (χ4v) is 4.23. The van der Waals surface area contributed by atoms with Gasteiger partial charge in [0.1, 0.15) is 0 Å². The number of allylic oxidation sites excluding steroid dienone is 2. The van der Waals surface area contributed by atoms with Crippen LogP contribution in [0.3, 0.4) is 0 Å². The molecular weight excluding hydrogens is 274 g/mol. The minimum absolute atomic E-state index is 0.141. The molecule has 3 unspecified atom stereocenters. The van der Waals surface area contributed by atoms with Crippen LogP contribution >= 0.6 is 0 Å². The molecule has 0 radical (unpaired) electrons. The molecule has 4 heteroatoms. The number of rotatable bonds is 4. The third-order valence-corrected chi connectivity index (χ3v) is 5.52. The van der Waals surface area contributed by atoms with E-state index in [0.717, 1.165) is 61.7 Å². The molecule has 22 heavy (non-hydrogen) atoms. The Morgan fingerprint density at radius 2 is 2.09 bits per heavy atom. The van der Waals surface area contributed by atoms with Gasteiger partial charge in [-0.1, -0.05) is 12.2 Å². The highest BCUT2D eigenvalue weighted by Crippen LogP contribution is 2.43. The number of nitrogens with zero attached hydrogens (tertiary/aromatic N) is 2. The molecule has 118 valence electrons. The highest BCUT2D eigenvalue weighted by molar-refractivity contribution is 5.65. The maximum Gasteiger partial charge on any atom is 0.151 e. The van der Waals surface area contributed by atoms with E-state index < -0.39 is 0 Å². The Labute approximate surface area is 132 Å². The van der Waals surface area contributed by atoms with Crippen LogP contribution < -0.4 is 10.2 Å². The summed E-state index contributed by atoms with van der Waals surface area (Å²) < 4.78 is 0. The molecule has 4 rings (SSSR count). The molecular formula is C18H25N3O. The van der Waals surface area contributed by atoms with Crippen molar-refractivity contribution in [1.29, 1.82) is 0 Å². The van der Waals surface area contributed by atoms with Gasteiger partial charge in [-0.2, -0.15) is 0 Å². The Balaban J connectivity index is 1.42. The van der Waals surface area contributed by atoms with Gasteiger partial charge in [-0.25, -0.2) is 4.98 Å². The van der Waals surface area contributed by atoms with Crippen molar-refractivity contribution in [2.24, 2.45) is 17.8 Å². The molecule has 0 spiro atoms. The van der Waals surface area contributed by atoms with E-state index in [2.05, 4.69) is 33.4 Å². The lowest BCUT2D eigenvalue weighted by molar-refractivity contribution is 0.145. The average Bonchev–Trinajstić information content (AvgIpc) is 3.17. The molecule has 0 aromatic carbocycles. The quantitative estimate of drug-likeness (QED) is 0.839. The number of aliphatic hydroxyl groups excluding tert-OH is 1. The molecule has 2 heterocycles. The van der Waals surface area contributed by atoms with E-state index in [1.165, 1.54) is 12.8 Å². The van der Waals surface area contributed by atoms with Gasteiger partial charge >= 0.3 is 0 Å². The zero-order valence-electron chi connectivity index (χ0n) is 13.0. The SMILES string of the molecule is OC1CCN(c2ncccc2NCC2CC3C=CC2C3)CC1. The zero-order chi connectivity index (χ0) is 14.9. The molecule has 4 nitrogen and oxygen atoms in total. The first-order valence-corrected chi connectivity index (χ1v) is 8.60. The number of nitrogens with one attached hydrogen (secondary N) is 1. The van der Waals surface area contributed by atoms with Crippen molar-refractivity contribution in [2.75, 3.05) is 29.9 Å². The van der Waals surface area contributed by atoms with E-state index in [1.54, 1.807) is 0 Å². The first kappa shape index (κ1) is 14.1. The van der Waals surface area contributed by atoms with Gasteiger partial charge in [0.2, 0.25) is 0 Å². The van der Waals surface area contributed by atoms with E-state index in [9.17, 15) is 5.11 Å². The van der Waals surface area contributed by atoms with Crippen LogP contribution in [0.15, 0.2) is 30.5 Å². The Morgan fingerprint density at radius 1 is 1.23 bits per heavy atom. The van der Waals surface area contributed by atoms with E-state index in [-0.39, 0.29) is 6.10 Å². The predicted octanol–water partition coefficient (Wildman–Crippen LogP) is 2.67. The van der Waals surface area contributed by atoms with E-state index in [0.29, 0.717) is 0 Å². The highest BCUT2D eigenvalue weighted by Gasteiger charge is 2.35. The van der Waals surface area contributed by atoms with Gasteiger partial charge in [0.05, 0.1) is 11.8 Å². The summed E-state index contributed by atoms with van der Waals surface area (Å²) in [4.78, 5) is 6.89. The summed E-state index contributed by atoms with van der Waals surface area (Å²) in [6, 6.07) is 4.14. The second-order valence-electron chi connectivity index (χ2n) is 7.01. The molecule has 1 saturated carbocycles. The van der Waals surface area contributed by atoms with Gasteiger partial charge in [0.25, 0.3) is 0 Å². The molecule has 0 amide bonds. The second kappa shape index (κ2) is 5.92. The minimum atomic E-state index is -0.141. The van der Waals surface area contributed by atoms with Crippen molar-refractivity contribution in [3.63, 3.8) is 0 Å². The molecule has 1 aromatic rings. The Hall–Kier alpha value is -1.55. The number of pyridine rings is 1. The lowest BCUT2D eigenvalue weighted by Crippen LogP contribution is -2.36. The van der Waals surface area contributed by atoms with Crippen molar-refractivity contribution >= 4 is 11.5 Å². The summed E-state index contributed by atoms with van der Waals surface area (Å²) in [5, 5.41) is 13.3. The van der Waals surface area contributed by atoms with Crippen LogP contribution in [0.25, 0.3) is 0 Å². The maximum absolute atomic E-state index is 9.68. The number of hydrogen-bond donors (Lipinski definition) is 2. The summed E-state index contributed by atoms with van der Waals surface area (Å²) >= 11 is 0. The first-order chi connectivity index (χ1) is 10.8. The van der Waals surface area contributed by atoms with Gasteiger partial charge in [-0.05, 0) is 55.6 Å². The number of piperidine rings is 1. The van der Waals surface area contributed by atoms with Crippen molar-refractivity contribution in [3.05, 3.63) is 30.5 Å². The van der Waals surface area contributed by atoms with E-state index >= 15 is 0 Å². The molecule has 2 aliphatic carbocycles. The molecule has 2 N–H and O–H groups in total. The topological polar surface area (TPSA) is 48.4 Å². The first-order valence-electron chi connectivity index (χ1n) is 8.60. The summed E-state index contributed by atoms with van der Waals surface area (Å²) in [5.41, 5.74) is 1.14. The molecule has 2 bridgehead atoms. The number of aliphatic hydroxyl groups is 1. The van der Waals surface area contributed by atoms with E-state index in [1.807, 2.05) is 12.3 Å². The molecule has 3 atom stereocenters. The molecule has 1 aliphatic heterocycles. The maximum atomic E-state index is 9.68. The number of aromatic nitrogens is 1. The Morgan fingerprint density at radius 3 is 2.82 bits per heavy atom. The van der Waals surface area contributed by atoms with Gasteiger partial charge in [-0.3, -0.25) is 0 Å². The van der Waals surface area contributed by atoms with Gasteiger partial charge < -0.3 is 15.3 Å². The number of fused-ring (bicyclic) bond motifs is 2. The van der Waals surface area contributed by atoms with Crippen LogP contribution in [-0.2, 0) is 0 Å². The molecule has 3 aliphatic rings. The molecule has 1 aromatic heterocycles. The van der Waals surface area contributed by atoms with Crippen LogP contribution in [0.4, 0.5) is 11.5 Å². The third kappa shape index (κ3) is 2.72. The lowest BCUT2D eigenvalue weighted by atomic mass is 9.93. The smallest absolute Gasteiger partial charge is 0.151 e. The van der Waals surface area contributed by atoms with E-state index in [4.69, 9.17) is 0 Å². The monoisotopic (exact) mass is 299 g/mol. The van der Waals surface area contributed by atoms with Crippen LogP contribution in [0, 0.1) is 17.8 Å². The summed E-state index contributed by atoms with van der Waals surface area (Å²) in [7, 11) is 0. The summed E-state index contributed by atoms with van der Waals surface area (Å²) in [5.74, 6) is 3.43. The third-order valence-electron chi connectivity index (χ3n) is 5.52. The lowest BCUT2D eigenvalue weighted by Gasteiger charge is -2.32. The van der Waals surface area contributed by atoms with Crippen LogP contribution in [-0.4, -0.2) is 35.8 Å². The summed E-state index contributed by atoms with van der Waals surface area (Å²) in [6.07, 6.45) is 10.9. The molecule has 1 saturated heterocycles. The Kier molecular flexibility index (Phi) is 3.78. The fraction of sp³-hybridized carbons (Fsp3) is 0.611. The fourth-order valence-electron chi connectivity index (χ4n) is 4.23. The average molecular weight is 299 g/mol. The van der Waals surface area contributed by atoms with Gasteiger partial charge in [0, 0.05) is 25.8 Å². The van der Waals surface area contributed by atoms with Crippen LogP contribution in [0.1, 0.15) is 25.7 Å². The largest absolute Gasteiger partial charge is 0.393 e.